The maximum Gasteiger partial charge on any atom is 0.207 e. The van der Waals surface area contributed by atoms with E-state index in [0.29, 0.717) is 11.1 Å². The lowest BCUT2D eigenvalue weighted by Crippen LogP contribution is -2.13. The van der Waals surface area contributed by atoms with E-state index >= 15 is 0 Å². The Labute approximate surface area is 120 Å². The largest absolute Gasteiger partial charge is 0.502 e. The molecule has 1 heterocycles. The van der Waals surface area contributed by atoms with Crippen LogP contribution in [-0.4, -0.2) is 25.3 Å². The van der Waals surface area contributed by atoms with Gasteiger partial charge in [-0.05, 0) is 36.6 Å². The fourth-order valence-corrected chi connectivity index (χ4v) is 1.84. The van der Waals surface area contributed by atoms with Crippen LogP contribution in [0.15, 0.2) is 28.7 Å². The topological polar surface area (TPSA) is 136 Å². The number of aliphatic hydroxyl groups excluding tert-OH is 2. The average Bonchev–Trinajstić information content (AvgIpc) is 2.68. The van der Waals surface area contributed by atoms with Gasteiger partial charge in [0.25, 0.3) is 0 Å². The summed E-state index contributed by atoms with van der Waals surface area (Å²) >= 11 is 9.29. The van der Waals surface area contributed by atoms with Crippen molar-refractivity contribution in [3.05, 3.63) is 30.2 Å². The van der Waals surface area contributed by atoms with Gasteiger partial charge in [0.05, 0.1) is 0 Å². The highest BCUT2D eigenvalue weighted by Gasteiger charge is 2.24. The van der Waals surface area contributed by atoms with Crippen molar-refractivity contribution in [2.75, 3.05) is 0 Å². The number of aromatic nitrogens is 1. The van der Waals surface area contributed by atoms with Gasteiger partial charge in [0.1, 0.15) is 11.4 Å². The van der Waals surface area contributed by atoms with Crippen molar-refractivity contribution in [1.82, 2.24) is 17.3 Å². The monoisotopic (exact) mass is 301 g/mol. The summed E-state index contributed by atoms with van der Waals surface area (Å²) in [6.45, 7) is 0. The van der Waals surface area contributed by atoms with Crippen molar-refractivity contribution in [3.8, 4) is 0 Å². The van der Waals surface area contributed by atoms with E-state index in [0.717, 1.165) is 0 Å². The minimum absolute atomic E-state index is 0. The first-order valence-electron chi connectivity index (χ1n) is 4.88. The second-order valence-corrected chi connectivity index (χ2v) is 4.40. The van der Waals surface area contributed by atoms with Crippen LogP contribution in [0.4, 0.5) is 0 Å². The van der Waals surface area contributed by atoms with E-state index in [2.05, 4.69) is 17.2 Å². The zero-order chi connectivity index (χ0) is 12.4. The lowest BCUT2D eigenvalue weighted by Gasteiger charge is -2.07. The van der Waals surface area contributed by atoms with Crippen molar-refractivity contribution in [2.24, 2.45) is 0 Å². The molecule has 1 aromatic heterocycles. The molecule has 0 bridgehead atoms. The van der Waals surface area contributed by atoms with Crippen molar-refractivity contribution in [2.45, 2.75) is 12.3 Å². The molecule has 1 unspecified atom stereocenters. The van der Waals surface area contributed by atoms with Gasteiger partial charge in [0.15, 0.2) is 15.7 Å². The van der Waals surface area contributed by atoms with Crippen molar-refractivity contribution in [1.29, 1.82) is 0 Å². The number of benzene rings is 1. The number of fused-ring (bicyclic) bond motifs is 1. The molecule has 2 rings (SSSR count). The first-order chi connectivity index (χ1) is 8.08. The molecule has 8 N–H and O–H groups in total. The highest BCUT2D eigenvalue weighted by molar-refractivity contribution is 7.80. The molecule has 0 saturated heterocycles. The SMILES string of the molecule is N.N.OC(=S)CC(C(O)=S)c1nc2ccccc2o1. The van der Waals surface area contributed by atoms with E-state index in [1.165, 1.54) is 0 Å². The van der Waals surface area contributed by atoms with Crippen LogP contribution in [0, 0.1) is 0 Å². The standard InChI is InChI=1S/C11H9NO3S2.2H3N/c13-9(16)5-6(11(14)17)10-12-7-3-1-2-4-8(7)15-10;;/h1-4,6H,5H2,(H,13,16)(H,14,17);2*1H3. The lowest BCUT2D eigenvalue weighted by molar-refractivity contribution is 0.459. The van der Waals surface area contributed by atoms with E-state index in [9.17, 15) is 5.11 Å². The minimum atomic E-state index is -0.685. The number of thiocarbonyl (C=S) groups is 2. The van der Waals surface area contributed by atoms with Crippen LogP contribution in [-0.2, 0) is 0 Å². The van der Waals surface area contributed by atoms with E-state index in [4.69, 9.17) is 21.7 Å². The molecule has 0 radical (unpaired) electrons. The summed E-state index contributed by atoms with van der Waals surface area (Å²) in [5.74, 6) is -0.426. The Morgan fingerprint density at radius 2 is 1.84 bits per heavy atom. The van der Waals surface area contributed by atoms with Gasteiger partial charge < -0.3 is 26.9 Å². The Morgan fingerprint density at radius 1 is 1.21 bits per heavy atom. The summed E-state index contributed by atoms with van der Waals surface area (Å²) in [4.78, 5) is 4.20. The van der Waals surface area contributed by atoms with Gasteiger partial charge >= 0.3 is 0 Å². The molecule has 0 fully saturated rings. The maximum atomic E-state index is 9.40. The molecule has 0 spiro atoms. The first kappa shape index (κ1) is 17.4. The number of hydrogen-bond donors (Lipinski definition) is 4. The minimum Gasteiger partial charge on any atom is -0.502 e. The molecule has 8 heteroatoms. The van der Waals surface area contributed by atoms with E-state index in [1.807, 2.05) is 12.1 Å². The number of nitrogens with zero attached hydrogens (tertiary/aromatic N) is 1. The Hall–Kier alpha value is -1.61. The molecule has 2 aromatic rings. The highest BCUT2D eigenvalue weighted by Crippen LogP contribution is 2.25. The third-order valence-corrected chi connectivity index (χ3v) is 2.74. The molecule has 0 saturated carbocycles. The van der Waals surface area contributed by atoms with Gasteiger partial charge in [-0.2, -0.15) is 0 Å². The Kier molecular flexibility index (Phi) is 6.49. The van der Waals surface area contributed by atoms with Crippen LogP contribution in [0.1, 0.15) is 18.2 Å². The molecular weight excluding hydrogens is 286 g/mol. The summed E-state index contributed by atoms with van der Waals surface area (Å²) in [7, 11) is 0. The Bertz CT molecular complexity index is 552. The number of oxazole rings is 1. The highest BCUT2D eigenvalue weighted by atomic mass is 32.1. The third kappa shape index (κ3) is 3.93. The molecule has 0 aliphatic heterocycles. The quantitative estimate of drug-likeness (QED) is 0.630. The van der Waals surface area contributed by atoms with E-state index < -0.39 is 5.92 Å². The van der Waals surface area contributed by atoms with Crippen LogP contribution in [0.2, 0.25) is 0 Å². The molecule has 6 nitrogen and oxygen atoms in total. The van der Waals surface area contributed by atoms with Crippen LogP contribution < -0.4 is 12.3 Å². The molecule has 1 atom stereocenters. The van der Waals surface area contributed by atoms with E-state index in [1.54, 1.807) is 12.1 Å². The fraction of sp³-hybridized carbons (Fsp3) is 0.182. The van der Waals surface area contributed by atoms with Crippen molar-refractivity contribution in [3.63, 3.8) is 0 Å². The zero-order valence-electron chi connectivity index (χ0n) is 10.1. The Morgan fingerprint density at radius 3 is 2.37 bits per heavy atom. The molecule has 0 aliphatic rings. The van der Waals surface area contributed by atoms with Gasteiger partial charge in [-0.25, -0.2) is 4.98 Å². The third-order valence-electron chi connectivity index (χ3n) is 2.29. The van der Waals surface area contributed by atoms with Gasteiger partial charge in [0.2, 0.25) is 5.89 Å². The predicted molar refractivity (Wildman–Crippen MR) is 81.9 cm³/mol. The summed E-state index contributed by atoms with van der Waals surface area (Å²) in [6.07, 6.45) is 0.0253. The number of hydrogen-bond acceptors (Lipinski definition) is 6. The van der Waals surface area contributed by atoms with Gasteiger partial charge in [-0.1, -0.05) is 12.1 Å². The van der Waals surface area contributed by atoms with Crippen LogP contribution in [0.5, 0.6) is 0 Å². The van der Waals surface area contributed by atoms with Crippen molar-refractivity contribution >= 4 is 45.6 Å². The van der Waals surface area contributed by atoms with Gasteiger partial charge in [0, 0.05) is 6.42 Å². The second-order valence-electron chi connectivity index (χ2n) is 3.51. The Balaban J connectivity index is 0.00000162. The number of para-hydroxylation sites is 2. The van der Waals surface area contributed by atoms with Crippen LogP contribution >= 0.6 is 24.4 Å². The van der Waals surface area contributed by atoms with Gasteiger partial charge in [-0.15, -0.1) is 0 Å². The lowest BCUT2D eigenvalue weighted by atomic mass is 10.1. The molecule has 1 aromatic carbocycles. The zero-order valence-corrected chi connectivity index (χ0v) is 11.7. The smallest absolute Gasteiger partial charge is 0.207 e. The molecular formula is C11H15N3O3S2. The predicted octanol–water partition coefficient (Wildman–Crippen LogP) is 3.40. The van der Waals surface area contributed by atoms with Crippen LogP contribution in [0.3, 0.4) is 0 Å². The molecule has 0 amide bonds. The number of rotatable bonds is 4. The molecule has 19 heavy (non-hydrogen) atoms. The molecule has 104 valence electrons. The fourth-order valence-electron chi connectivity index (χ4n) is 1.49. The number of aliphatic hydroxyl groups is 2. The average molecular weight is 301 g/mol. The summed E-state index contributed by atoms with van der Waals surface area (Å²) < 4.78 is 5.46. The van der Waals surface area contributed by atoms with Crippen molar-refractivity contribution < 1.29 is 14.6 Å². The maximum absolute atomic E-state index is 9.40. The summed E-state index contributed by atoms with van der Waals surface area (Å²) in [5, 5.41) is 18.0. The summed E-state index contributed by atoms with van der Waals surface area (Å²) in [6, 6.07) is 7.20. The molecule has 0 aliphatic carbocycles. The second kappa shape index (κ2) is 7.10. The van der Waals surface area contributed by atoms with Crippen LogP contribution in [0.25, 0.3) is 11.1 Å². The first-order valence-corrected chi connectivity index (χ1v) is 5.69. The van der Waals surface area contributed by atoms with E-state index in [-0.39, 0.29) is 34.7 Å². The summed E-state index contributed by atoms with van der Waals surface area (Å²) in [5.41, 5.74) is 1.28. The van der Waals surface area contributed by atoms with Gasteiger partial charge in [-0.3, -0.25) is 0 Å². The normalized spacial score (nSPS) is 11.2.